The lowest BCUT2D eigenvalue weighted by Crippen LogP contribution is -2.37. The third-order valence-electron chi connectivity index (χ3n) is 3.24. The lowest BCUT2D eigenvalue weighted by atomic mass is 10.1. The Balaban J connectivity index is 2.00. The van der Waals surface area contributed by atoms with Crippen LogP contribution in [-0.2, 0) is 0 Å². The molecule has 0 aliphatic heterocycles. The molecule has 0 radical (unpaired) electrons. The van der Waals surface area contributed by atoms with Crippen LogP contribution in [0.2, 0.25) is 0 Å². The Hall–Kier alpha value is -0.770. The lowest BCUT2D eigenvalue weighted by molar-refractivity contribution is 0.0901. The third-order valence-corrected chi connectivity index (χ3v) is 4.07. The van der Waals surface area contributed by atoms with Crippen molar-refractivity contribution in [3.05, 3.63) is 23.7 Å². The fourth-order valence-corrected chi connectivity index (χ4v) is 3.03. The van der Waals surface area contributed by atoms with Crippen LogP contribution in [-0.4, -0.2) is 17.3 Å². The molecule has 88 valence electrons. The molecule has 4 heteroatoms. The molecule has 2 unspecified atom stereocenters. The van der Waals surface area contributed by atoms with Crippen LogP contribution in [0.3, 0.4) is 0 Å². The van der Waals surface area contributed by atoms with E-state index in [0.717, 1.165) is 17.3 Å². The molecule has 1 fully saturated rings. The Labute approximate surface area is 104 Å². The number of carbonyl (C=O) groups excluding carboxylic acids is 1. The van der Waals surface area contributed by atoms with Crippen molar-refractivity contribution in [2.24, 2.45) is 5.92 Å². The summed E-state index contributed by atoms with van der Waals surface area (Å²) in [6.07, 6.45) is 5.01. The van der Waals surface area contributed by atoms with Crippen molar-refractivity contribution < 1.29 is 9.21 Å². The van der Waals surface area contributed by atoms with E-state index in [4.69, 9.17) is 4.42 Å². The van der Waals surface area contributed by atoms with Crippen LogP contribution < -0.4 is 5.32 Å². The number of nitrogens with one attached hydrogen (secondary N) is 1. The molecular formula is C12H16BrNO2. The van der Waals surface area contributed by atoms with Gasteiger partial charge < -0.3 is 9.73 Å². The highest BCUT2D eigenvalue weighted by molar-refractivity contribution is 9.09. The van der Waals surface area contributed by atoms with Crippen molar-refractivity contribution in [1.29, 1.82) is 0 Å². The van der Waals surface area contributed by atoms with E-state index >= 15 is 0 Å². The Bertz CT molecular complexity index is 375. The van der Waals surface area contributed by atoms with Crippen LogP contribution >= 0.6 is 15.9 Å². The molecule has 0 spiro atoms. The minimum absolute atomic E-state index is 0.0830. The molecule has 1 amide bonds. The minimum Gasteiger partial charge on any atom is -0.459 e. The molecule has 1 N–H and O–H groups in total. The first-order valence-electron chi connectivity index (χ1n) is 5.63. The van der Waals surface area contributed by atoms with Gasteiger partial charge in [0.05, 0.1) is 6.26 Å². The van der Waals surface area contributed by atoms with E-state index in [2.05, 4.69) is 21.2 Å². The molecule has 16 heavy (non-hydrogen) atoms. The Morgan fingerprint density at radius 1 is 1.62 bits per heavy atom. The lowest BCUT2D eigenvalue weighted by Gasteiger charge is -2.18. The summed E-state index contributed by atoms with van der Waals surface area (Å²) in [5.41, 5.74) is 0.894. The molecule has 1 aromatic heterocycles. The average molecular weight is 286 g/mol. The van der Waals surface area contributed by atoms with Gasteiger partial charge in [-0.25, -0.2) is 0 Å². The smallest absolute Gasteiger partial charge is 0.287 e. The fourth-order valence-electron chi connectivity index (χ4n) is 2.25. The summed E-state index contributed by atoms with van der Waals surface area (Å²) in [5.74, 6) is 0.916. The van der Waals surface area contributed by atoms with Gasteiger partial charge in [-0.05, 0) is 31.7 Å². The van der Waals surface area contributed by atoms with Gasteiger partial charge in [-0.2, -0.15) is 0 Å². The topological polar surface area (TPSA) is 42.2 Å². The number of furan rings is 1. The molecule has 0 bridgehead atoms. The molecule has 3 nitrogen and oxygen atoms in total. The fraction of sp³-hybridized carbons (Fsp3) is 0.583. The van der Waals surface area contributed by atoms with Gasteiger partial charge in [0, 0.05) is 16.9 Å². The van der Waals surface area contributed by atoms with Gasteiger partial charge in [0.15, 0.2) is 5.76 Å². The summed E-state index contributed by atoms with van der Waals surface area (Å²) in [7, 11) is 0. The summed E-state index contributed by atoms with van der Waals surface area (Å²) in [6, 6.07) is 2.10. The van der Waals surface area contributed by atoms with E-state index in [9.17, 15) is 4.79 Å². The zero-order valence-corrected chi connectivity index (χ0v) is 10.9. The SMILES string of the molecule is Cc1ccoc1C(=O)NC1CCCC1CBr. The second kappa shape index (κ2) is 5.04. The zero-order chi connectivity index (χ0) is 11.5. The van der Waals surface area contributed by atoms with Gasteiger partial charge in [0.25, 0.3) is 5.91 Å². The second-order valence-electron chi connectivity index (χ2n) is 4.36. The van der Waals surface area contributed by atoms with Crippen LogP contribution in [0.25, 0.3) is 0 Å². The van der Waals surface area contributed by atoms with E-state index in [1.54, 1.807) is 6.26 Å². The molecule has 1 aliphatic rings. The molecule has 1 heterocycles. The molecule has 2 atom stereocenters. The number of hydrogen-bond acceptors (Lipinski definition) is 2. The van der Waals surface area contributed by atoms with Crippen molar-refractivity contribution >= 4 is 21.8 Å². The largest absolute Gasteiger partial charge is 0.459 e. The van der Waals surface area contributed by atoms with E-state index in [1.807, 2.05) is 13.0 Å². The Morgan fingerprint density at radius 3 is 3.06 bits per heavy atom. The number of rotatable bonds is 3. The summed E-state index contributed by atoms with van der Waals surface area (Å²) in [5, 5.41) is 4.01. The molecule has 1 aromatic rings. The Morgan fingerprint density at radius 2 is 2.44 bits per heavy atom. The van der Waals surface area contributed by atoms with Gasteiger partial charge in [0.1, 0.15) is 0 Å². The summed E-state index contributed by atoms with van der Waals surface area (Å²) in [6.45, 7) is 1.88. The number of alkyl halides is 1. The molecule has 1 aliphatic carbocycles. The zero-order valence-electron chi connectivity index (χ0n) is 9.33. The van der Waals surface area contributed by atoms with Crippen molar-refractivity contribution in [1.82, 2.24) is 5.32 Å². The third kappa shape index (κ3) is 2.32. The monoisotopic (exact) mass is 285 g/mol. The Kier molecular flexibility index (Phi) is 3.69. The number of hydrogen-bond donors (Lipinski definition) is 1. The quantitative estimate of drug-likeness (QED) is 0.868. The number of halogens is 1. The first kappa shape index (κ1) is 11.7. The van der Waals surface area contributed by atoms with E-state index in [1.165, 1.54) is 12.8 Å². The van der Waals surface area contributed by atoms with E-state index < -0.39 is 0 Å². The van der Waals surface area contributed by atoms with Crippen molar-refractivity contribution in [3.8, 4) is 0 Å². The highest BCUT2D eigenvalue weighted by atomic mass is 79.9. The van der Waals surface area contributed by atoms with Crippen molar-refractivity contribution in [2.75, 3.05) is 5.33 Å². The van der Waals surface area contributed by atoms with Gasteiger partial charge in [-0.1, -0.05) is 22.4 Å². The normalized spacial score (nSPS) is 24.6. The second-order valence-corrected chi connectivity index (χ2v) is 5.01. The maximum Gasteiger partial charge on any atom is 0.287 e. The van der Waals surface area contributed by atoms with Gasteiger partial charge in [-0.15, -0.1) is 0 Å². The summed E-state index contributed by atoms with van der Waals surface area (Å²) < 4.78 is 5.18. The number of aryl methyl sites for hydroxylation is 1. The highest BCUT2D eigenvalue weighted by Gasteiger charge is 2.28. The number of amides is 1. The summed E-state index contributed by atoms with van der Waals surface area (Å²) >= 11 is 3.50. The molecule has 2 rings (SSSR count). The van der Waals surface area contributed by atoms with Crippen molar-refractivity contribution in [2.45, 2.75) is 32.2 Å². The highest BCUT2D eigenvalue weighted by Crippen LogP contribution is 2.27. The van der Waals surface area contributed by atoms with Gasteiger partial charge in [0.2, 0.25) is 0 Å². The molecular weight excluding hydrogens is 270 g/mol. The van der Waals surface area contributed by atoms with Crippen LogP contribution in [0, 0.1) is 12.8 Å². The van der Waals surface area contributed by atoms with Crippen LogP contribution in [0.4, 0.5) is 0 Å². The number of carbonyl (C=O) groups is 1. The van der Waals surface area contributed by atoms with Gasteiger partial charge in [-0.3, -0.25) is 4.79 Å². The standard InChI is InChI=1S/C12H16BrNO2/c1-8-5-6-16-11(8)12(15)14-10-4-2-3-9(10)7-13/h5-6,9-10H,2-4,7H2,1H3,(H,14,15). The maximum absolute atomic E-state index is 11.9. The predicted molar refractivity (Wildman–Crippen MR) is 65.8 cm³/mol. The van der Waals surface area contributed by atoms with Crippen molar-refractivity contribution in [3.63, 3.8) is 0 Å². The van der Waals surface area contributed by atoms with Crippen LogP contribution in [0.1, 0.15) is 35.4 Å². The first-order chi connectivity index (χ1) is 7.72. The molecule has 0 saturated heterocycles. The summed E-state index contributed by atoms with van der Waals surface area (Å²) in [4.78, 5) is 11.9. The molecule has 0 aromatic carbocycles. The predicted octanol–water partition coefficient (Wildman–Crippen LogP) is 2.88. The van der Waals surface area contributed by atoms with E-state index in [0.29, 0.717) is 11.7 Å². The van der Waals surface area contributed by atoms with E-state index in [-0.39, 0.29) is 11.9 Å². The van der Waals surface area contributed by atoms with Gasteiger partial charge >= 0.3 is 0 Å². The maximum atomic E-state index is 11.9. The van der Waals surface area contributed by atoms with Crippen LogP contribution in [0.15, 0.2) is 16.7 Å². The first-order valence-corrected chi connectivity index (χ1v) is 6.75. The molecule has 1 saturated carbocycles. The minimum atomic E-state index is -0.0830. The van der Waals surface area contributed by atoms with Crippen LogP contribution in [0.5, 0.6) is 0 Å². The average Bonchev–Trinajstić information content (AvgIpc) is 2.86.